The summed E-state index contributed by atoms with van der Waals surface area (Å²) >= 11 is 3.46. The van der Waals surface area contributed by atoms with Crippen LogP contribution in [0.15, 0.2) is 46.9 Å². The normalized spacial score (nSPS) is 10.2. The van der Waals surface area contributed by atoms with Gasteiger partial charge in [0.25, 0.3) is 0 Å². The van der Waals surface area contributed by atoms with Crippen molar-refractivity contribution in [2.24, 2.45) is 0 Å². The van der Waals surface area contributed by atoms with Crippen molar-refractivity contribution in [1.29, 1.82) is 0 Å². The van der Waals surface area contributed by atoms with E-state index in [0.29, 0.717) is 17.8 Å². The van der Waals surface area contributed by atoms with Crippen LogP contribution in [-0.4, -0.2) is 20.1 Å². The number of methoxy groups -OCH3 is 1. The lowest BCUT2D eigenvalue weighted by Gasteiger charge is -2.22. The Morgan fingerprint density at radius 2 is 2.05 bits per heavy atom. The highest BCUT2D eigenvalue weighted by molar-refractivity contribution is 9.10. The molecule has 0 spiro atoms. The van der Waals surface area contributed by atoms with E-state index in [1.54, 1.807) is 12.1 Å². The third-order valence-corrected chi connectivity index (χ3v) is 3.64. The number of benzene rings is 2. The summed E-state index contributed by atoms with van der Waals surface area (Å²) in [6, 6.07) is 13.3. The highest BCUT2D eigenvalue weighted by atomic mass is 79.9. The van der Waals surface area contributed by atoms with Crippen LogP contribution in [0.1, 0.15) is 15.9 Å². The zero-order valence-electron chi connectivity index (χ0n) is 12.0. The van der Waals surface area contributed by atoms with Gasteiger partial charge in [0.2, 0.25) is 0 Å². The molecule has 5 heteroatoms. The predicted octanol–water partition coefficient (Wildman–Crippen LogP) is 3.45. The molecule has 0 radical (unpaired) electrons. The van der Waals surface area contributed by atoms with Gasteiger partial charge in [0.1, 0.15) is 0 Å². The molecular formula is C16H17BrN2O2. The fourth-order valence-electron chi connectivity index (χ4n) is 2.15. The first kappa shape index (κ1) is 15.4. The Morgan fingerprint density at radius 3 is 2.71 bits per heavy atom. The van der Waals surface area contributed by atoms with E-state index in [-0.39, 0.29) is 0 Å². The number of hydrogen-bond acceptors (Lipinski definition) is 4. The van der Waals surface area contributed by atoms with E-state index in [4.69, 9.17) is 10.5 Å². The maximum absolute atomic E-state index is 11.9. The lowest BCUT2D eigenvalue weighted by molar-refractivity contribution is 0.0601. The summed E-state index contributed by atoms with van der Waals surface area (Å²) in [6.45, 7) is 0.674. The monoisotopic (exact) mass is 348 g/mol. The highest BCUT2D eigenvalue weighted by Gasteiger charge is 2.15. The van der Waals surface area contributed by atoms with Crippen molar-refractivity contribution in [1.82, 2.24) is 0 Å². The van der Waals surface area contributed by atoms with Crippen molar-refractivity contribution in [2.75, 3.05) is 24.8 Å². The minimum atomic E-state index is -0.390. The molecule has 2 rings (SSSR count). The first-order chi connectivity index (χ1) is 10.0. The predicted molar refractivity (Wildman–Crippen MR) is 88.4 cm³/mol. The standard InChI is InChI=1S/C16H17BrN2O2/c1-19(10-11-4-3-5-12(17)8-11)15-7-6-13(18)9-14(15)16(20)21-2/h3-9H,10,18H2,1-2H3. The fraction of sp³-hybridized carbons (Fsp3) is 0.188. The van der Waals surface area contributed by atoms with Crippen LogP contribution in [-0.2, 0) is 11.3 Å². The van der Waals surface area contributed by atoms with E-state index in [9.17, 15) is 4.79 Å². The molecule has 0 aromatic heterocycles. The highest BCUT2D eigenvalue weighted by Crippen LogP contribution is 2.25. The van der Waals surface area contributed by atoms with Gasteiger partial charge in [-0.1, -0.05) is 28.1 Å². The summed E-state index contributed by atoms with van der Waals surface area (Å²) in [7, 11) is 3.29. The van der Waals surface area contributed by atoms with Crippen LogP contribution in [0, 0.1) is 0 Å². The number of carbonyl (C=O) groups is 1. The van der Waals surface area contributed by atoms with Gasteiger partial charge in [0.05, 0.1) is 18.4 Å². The van der Waals surface area contributed by atoms with Gasteiger partial charge in [-0.05, 0) is 35.9 Å². The van der Waals surface area contributed by atoms with Gasteiger partial charge in [-0.2, -0.15) is 0 Å². The van der Waals surface area contributed by atoms with Crippen molar-refractivity contribution in [3.05, 3.63) is 58.1 Å². The number of nitrogens with two attached hydrogens (primary N) is 1. The Morgan fingerprint density at radius 1 is 1.29 bits per heavy atom. The molecule has 0 aliphatic heterocycles. The van der Waals surface area contributed by atoms with Crippen molar-refractivity contribution < 1.29 is 9.53 Å². The van der Waals surface area contributed by atoms with E-state index < -0.39 is 5.97 Å². The zero-order valence-corrected chi connectivity index (χ0v) is 13.6. The van der Waals surface area contributed by atoms with Crippen LogP contribution >= 0.6 is 15.9 Å². The number of anilines is 2. The second kappa shape index (κ2) is 6.63. The number of nitrogens with zero attached hydrogens (tertiary/aromatic N) is 1. The summed E-state index contributed by atoms with van der Waals surface area (Å²) in [5, 5.41) is 0. The van der Waals surface area contributed by atoms with Crippen LogP contribution in [0.3, 0.4) is 0 Å². The Hall–Kier alpha value is -2.01. The number of ether oxygens (including phenoxy) is 1. The van der Waals surface area contributed by atoms with E-state index in [0.717, 1.165) is 15.7 Å². The lowest BCUT2D eigenvalue weighted by Crippen LogP contribution is -2.20. The van der Waals surface area contributed by atoms with Gasteiger partial charge < -0.3 is 15.4 Å². The van der Waals surface area contributed by atoms with E-state index >= 15 is 0 Å². The molecule has 110 valence electrons. The minimum absolute atomic E-state index is 0.390. The van der Waals surface area contributed by atoms with E-state index in [2.05, 4.69) is 15.9 Å². The number of esters is 1. The van der Waals surface area contributed by atoms with Gasteiger partial charge in [0, 0.05) is 23.8 Å². The molecule has 0 aliphatic rings. The Labute approximate surface area is 132 Å². The number of nitrogen functional groups attached to an aromatic ring is 1. The second-order valence-corrected chi connectivity index (χ2v) is 5.67. The molecule has 0 unspecified atom stereocenters. The molecule has 0 saturated carbocycles. The van der Waals surface area contributed by atoms with Crippen LogP contribution in [0.2, 0.25) is 0 Å². The third-order valence-electron chi connectivity index (χ3n) is 3.15. The van der Waals surface area contributed by atoms with E-state index in [1.807, 2.05) is 42.3 Å². The number of rotatable bonds is 4. The summed E-state index contributed by atoms with van der Waals surface area (Å²) in [5.41, 5.74) is 8.69. The SMILES string of the molecule is COC(=O)c1cc(N)ccc1N(C)Cc1cccc(Br)c1. The molecule has 0 fully saturated rings. The van der Waals surface area contributed by atoms with Crippen molar-refractivity contribution in [3.8, 4) is 0 Å². The third kappa shape index (κ3) is 3.76. The largest absolute Gasteiger partial charge is 0.465 e. The topological polar surface area (TPSA) is 55.6 Å². The molecule has 0 amide bonds. The maximum Gasteiger partial charge on any atom is 0.340 e. The van der Waals surface area contributed by atoms with E-state index in [1.165, 1.54) is 7.11 Å². The Balaban J connectivity index is 2.30. The molecule has 2 aromatic carbocycles. The second-order valence-electron chi connectivity index (χ2n) is 4.75. The number of hydrogen-bond donors (Lipinski definition) is 1. The molecule has 2 N–H and O–H groups in total. The van der Waals surface area contributed by atoms with Crippen LogP contribution in [0.5, 0.6) is 0 Å². The van der Waals surface area contributed by atoms with Crippen LogP contribution in [0.4, 0.5) is 11.4 Å². The lowest BCUT2D eigenvalue weighted by atomic mass is 10.1. The molecule has 0 atom stereocenters. The molecular weight excluding hydrogens is 332 g/mol. The van der Waals surface area contributed by atoms with Crippen molar-refractivity contribution in [2.45, 2.75) is 6.54 Å². The van der Waals surface area contributed by atoms with Crippen molar-refractivity contribution >= 4 is 33.3 Å². The molecule has 0 aliphatic carbocycles. The molecule has 2 aromatic rings. The first-order valence-electron chi connectivity index (χ1n) is 6.44. The smallest absolute Gasteiger partial charge is 0.340 e. The summed E-state index contributed by atoms with van der Waals surface area (Å²) < 4.78 is 5.85. The molecule has 0 heterocycles. The van der Waals surface area contributed by atoms with Gasteiger partial charge in [-0.15, -0.1) is 0 Å². The quantitative estimate of drug-likeness (QED) is 0.679. The zero-order chi connectivity index (χ0) is 15.4. The van der Waals surface area contributed by atoms with Crippen molar-refractivity contribution in [3.63, 3.8) is 0 Å². The number of carbonyl (C=O) groups excluding carboxylic acids is 1. The van der Waals surface area contributed by atoms with Gasteiger partial charge in [0.15, 0.2) is 0 Å². The van der Waals surface area contributed by atoms with Gasteiger partial charge >= 0.3 is 5.97 Å². The fourth-order valence-corrected chi connectivity index (χ4v) is 2.60. The number of halogens is 1. The maximum atomic E-state index is 11.9. The Bertz CT molecular complexity index is 658. The first-order valence-corrected chi connectivity index (χ1v) is 7.24. The molecule has 0 saturated heterocycles. The molecule has 0 bridgehead atoms. The average Bonchev–Trinajstić information content (AvgIpc) is 2.46. The van der Waals surface area contributed by atoms with Gasteiger partial charge in [-0.25, -0.2) is 4.79 Å². The van der Waals surface area contributed by atoms with Crippen LogP contribution < -0.4 is 10.6 Å². The molecule has 21 heavy (non-hydrogen) atoms. The van der Waals surface area contributed by atoms with Gasteiger partial charge in [-0.3, -0.25) is 0 Å². The summed E-state index contributed by atoms with van der Waals surface area (Å²) in [5.74, 6) is -0.390. The van der Waals surface area contributed by atoms with Crippen LogP contribution in [0.25, 0.3) is 0 Å². The summed E-state index contributed by atoms with van der Waals surface area (Å²) in [4.78, 5) is 13.9. The Kier molecular flexibility index (Phi) is 4.85. The summed E-state index contributed by atoms with van der Waals surface area (Å²) in [6.07, 6.45) is 0. The average molecular weight is 349 g/mol. The minimum Gasteiger partial charge on any atom is -0.465 e. The molecule has 4 nitrogen and oxygen atoms in total.